The minimum absolute atomic E-state index is 0.0388. The van der Waals surface area contributed by atoms with Crippen molar-refractivity contribution < 1.29 is 14.1 Å². The molecule has 0 radical (unpaired) electrons. The van der Waals surface area contributed by atoms with Gasteiger partial charge in [0.1, 0.15) is 22.8 Å². The van der Waals surface area contributed by atoms with E-state index in [-0.39, 0.29) is 5.91 Å². The maximum atomic E-state index is 12.5. The smallest absolute Gasteiger partial charge is 0.263 e. The van der Waals surface area contributed by atoms with Gasteiger partial charge < -0.3 is 19.5 Å². The van der Waals surface area contributed by atoms with Gasteiger partial charge in [-0.1, -0.05) is 31.1 Å². The fourth-order valence-corrected chi connectivity index (χ4v) is 4.57. The van der Waals surface area contributed by atoms with Gasteiger partial charge in [-0.2, -0.15) is 4.98 Å². The summed E-state index contributed by atoms with van der Waals surface area (Å²) >= 11 is 0. The van der Waals surface area contributed by atoms with E-state index in [1.807, 2.05) is 38.1 Å². The van der Waals surface area contributed by atoms with E-state index in [0.29, 0.717) is 49.4 Å². The van der Waals surface area contributed by atoms with E-state index in [2.05, 4.69) is 34.2 Å². The Bertz CT molecular complexity index is 1090. The number of piperidine rings is 1. The van der Waals surface area contributed by atoms with Gasteiger partial charge in [0.05, 0.1) is 12.3 Å². The van der Waals surface area contributed by atoms with Gasteiger partial charge in [0.2, 0.25) is 5.91 Å². The molecule has 1 aromatic carbocycles. The van der Waals surface area contributed by atoms with Crippen molar-refractivity contribution >= 4 is 22.8 Å². The first-order chi connectivity index (χ1) is 15.9. The van der Waals surface area contributed by atoms with Crippen molar-refractivity contribution in [2.45, 2.75) is 53.5 Å². The van der Waals surface area contributed by atoms with Crippen LogP contribution in [0.4, 0.5) is 5.82 Å². The van der Waals surface area contributed by atoms with Crippen molar-refractivity contribution in [1.82, 2.24) is 20.4 Å². The summed E-state index contributed by atoms with van der Waals surface area (Å²) in [6, 6.07) is 7.75. The highest BCUT2D eigenvalue weighted by Gasteiger charge is 2.27. The molecule has 3 heterocycles. The lowest BCUT2D eigenvalue weighted by molar-refractivity contribution is -0.121. The topological polar surface area (TPSA) is 93.4 Å². The molecule has 8 nitrogen and oxygen atoms in total. The third-order valence-electron chi connectivity index (χ3n) is 6.00. The lowest BCUT2D eigenvalue weighted by Crippen LogP contribution is -2.39. The van der Waals surface area contributed by atoms with Gasteiger partial charge >= 0.3 is 0 Å². The fraction of sp³-hybridized carbons (Fsp3) is 0.520. The summed E-state index contributed by atoms with van der Waals surface area (Å²) in [7, 11) is 0. The largest absolute Gasteiger partial charge is 0.494 e. The maximum Gasteiger partial charge on any atom is 0.263 e. The molecule has 1 fully saturated rings. The molecule has 0 bridgehead atoms. The van der Waals surface area contributed by atoms with Crippen LogP contribution in [0.5, 0.6) is 5.75 Å². The molecule has 1 saturated heterocycles. The number of aromatic nitrogens is 3. The van der Waals surface area contributed by atoms with Crippen LogP contribution in [0.1, 0.15) is 50.7 Å². The number of nitrogens with one attached hydrogen (secondary N) is 1. The van der Waals surface area contributed by atoms with E-state index in [9.17, 15) is 4.79 Å². The second-order valence-electron chi connectivity index (χ2n) is 9.12. The zero-order valence-electron chi connectivity index (χ0n) is 19.9. The standard InChI is InChI=1S/C25H33N5O3/c1-5-32-20-8-6-19(7-9-20)13-26-22(31)11-10-21-27-24(23-18(4)29-33-25(23)28-21)30-14-16(2)12-17(3)15-30/h6-9,16-17H,5,10-15H2,1-4H3,(H,26,31). The van der Waals surface area contributed by atoms with Crippen LogP contribution in [0.25, 0.3) is 11.1 Å². The Labute approximate surface area is 194 Å². The molecule has 0 aliphatic carbocycles. The van der Waals surface area contributed by atoms with E-state index in [1.165, 1.54) is 6.42 Å². The quantitative estimate of drug-likeness (QED) is 0.552. The van der Waals surface area contributed by atoms with Crippen LogP contribution in [0.2, 0.25) is 0 Å². The number of aryl methyl sites for hydroxylation is 2. The van der Waals surface area contributed by atoms with Gasteiger partial charge in [-0.25, -0.2) is 4.98 Å². The Morgan fingerprint density at radius 1 is 1.18 bits per heavy atom. The number of nitrogens with zero attached hydrogens (tertiary/aromatic N) is 4. The Balaban J connectivity index is 1.41. The van der Waals surface area contributed by atoms with Crippen LogP contribution in [-0.2, 0) is 17.8 Å². The number of benzene rings is 1. The first-order valence-electron chi connectivity index (χ1n) is 11.8. The van der Waals surface area contributed by atoms with Gasteiger partial charge in [-0.05, 0) is 49.8 Å². The summed E-state index contributed by atoms with van der Waals surface area (Å²) in [6.45, 7) is 11.4. The predicted octanol–water partition coefficient (Wildman–Crippen LogP) is 4.06. The molecular formula is C25H33N5O3. The van der Waals surface area contributed by atoms with Crippen molar-refractivity contribution in [3.63, 3.8) is 0 Å². The molecule has 1 aliphatic rings. The third kappa shape index (κ3) is 5.61. The zero-order valence-corrected chi connectivity index (χ0v) is 19.9. The van der Waals surface area contributed by atoms with Crippen molar-refractivity contribution in [2.75, 3.05) is 24.6 Å². The minimum atomic E-state index is -0.0388. The third-order valence-corrected chi connectivity index (χ3v) is 6.00. The Kier molecular flexibility index (Phi) is 7.11. The number of rotatable bonds is 8. The number of amides is 1. The summed E-state index contributed by atoms with van der Waals surface area (Å²) in [4.78, 5) is 24.2. The molecular weight excluding hydrogens is 418 g/mol. The summed E-state index contributed by atoms with van der Waals surface area (Å²) < 4.78 is 10.9. The number of hydrogen-bond acceptors (Lipinski definition) is 7. The SMILES string of the molecule is CCOc1ccc(CNC(=O)CCc2nc(N3CC(C)CC(C)C3)c3c(C)noc3n2)cc1. The molecule has 176 valence electrons. The number of carbonyl (C=O) groups is 1. The number of hydrogen-bond donors (Lipinski definition) is 1. The van der Waals surface area contributed by atoms with Crippen LogP contribution in [0.15, 0.2) is 28.8 Å². The predicted molar refractivity (Wildman–Crippen MR) is 127 cm³/mol. The van der Waals surface area contributed by atoms with Crippen LogP contribution in [-0.4, -0.2) is 40.7 Å². The lowest BCUT2D eigenvalue weighted by Gasteiger charge is -2.36. The van der Waals surface area contributed by atoms with E-state index in [0.717, 1.165) is 41.3 Å². The summed E-state index contributed by atoms with van der Waals surface area (Å²) in [5.41, 5.74) is 2.32. The molecule has 2 aromatic heterocycles. The van der Waals surface area contributed by atoms with Crippen molar-refractivity contribution in [3.8, 4) is 5.75 Å². The van der Waals surface area contributed by atoms with E-state index >= 15 is 0 Å². The van der Waals surface area contributed by atoms with Crippen molar-refractivity contribution in [3.05, 3.63) is 41.3 Å². The number of carbonyl (C=O) groups excluding carboxylic acids is 1. The number of ether oxygens (including phenoxy) is 1. The first-order valence-corrected chi connectivity index (χ1v) is 11.8. The molecule has 1 N–H and O–H groups in total. The summed E-state index contributed by atoms with van der Waals surface area (Å²) in [5.74, 6) is 3.46. The molecule has 0 spiro atoms. The fourth-order valence-electron chi connectivity index (χ4n) is 4.57. The second-order valence-corrected chi connectivity index (χ2v) is 9.12. The zero-order chi connectivity index (χ0) is 23.4. The Morgan fingerprint density at radius 3 is 2.61 bits per heavy atom. The molecule has 3 aromatic rings. The monoisotopic (exact) mass is 451 g/mol. The minimum Gasteiger partial charge on any atom is -0.494 e. The van der Waals surface area contributed by atoms with Crippen molar-refractivity contribution in [1.29, 1.82) is 0 Å². The van der Waals surface area contributed by atoms with Gasteiger partial charge in [0.15, 0.2) is 0 Å². The second kappa shape index (κ2) is 10.2. The van der Waals surface area contributed by atoms with Crippen LogP contribution >= 0.6 is 0 Å². The molecule has 33 heavy (non-hydrogen) atoms. The molecule has 1 aliphatic heterocycles. The van der Waals surface area contributed by atoms with E-state index in [4.69, 9.17) is 14.2 Å². The summed E-state index contributed by atoms with van der Waals surface area (Å²) in [5, 5.41) is 7.96. The molecule has 4 rings (SSSR count). The van der Waals surface area contributed by atoms with Gasteiger partial charge in [-0.3, -0.25) is 4.79 Å². The van der Waals surface area contributed by atoms with Gasteiger partial charge in [0, 0.05) is 32.5 Å². The van der Waals surface area contributed by atoms with Crippen molar-refractivity contribution in [2.24, 2.45) is 11.8 Å². The van der Waals surface area contributed by atoms with E-state index < -0.39 is 0 Å². The average Bonchev–Trinajstić information content (AvgIpc) is 3.17. The van der Waals surface area contributed by atoms with E-state index in [1.54, 1.807) is 0 Å². The summed E-state index contributed by atoms with van der Waals surface area (Å²) in [6.07, 6.45) is 1.97. The average molecular weight is 452 g/mol. The molecule has 0 saturated carbocycles. The Morgan fingerprint density at radius 2 is 1.91 bits per heavy atom. The normalized spacial score (nSPS) is 18.5. The molecule has 2 atom stereocenters. The van der Waals surface area contributed by atoms with Crippen LogP contribution < -0.4 is 15.0 Å². The van der Waals surface area contributed by atoms with Crippen LogP contribution in [0, 0.1) is 18.8 Å². The molecule has 1 amide bonds. The van der Waals surface area contributed by atoms with Gasteiger partial charge in [0.25, 0.3) is 5.71 Å². The highest BCUT2D eigenvalue weighted by molar-refractivity contribution is 5.88. The van der Waals surface area contributed by atoms with Crippen LogP contribution in [0.3, 0.4) is 0 Å². The number of anilines is 1. The number of fused-ring (bicyclic) bond motifs is 1. The Hall–Kier alpha value is -3.16. The molecule has 2 unspecified atom stereocenters. The highest BCUT2D eigenvalue weighted by Crippen LogP contribution is 2.32. The lowest BCUT2D eigenvalue weighted by atomic mass is 9.92. The van der Waals surface area contributed by atoms with Gasteiger partial charge in [-0.15, -0.1) is 0 Å². The first kappa shape index (κ1) is 23.0. The highest BCUT2D eigenvalue weighted by atomic mass is 16.5. The maximum absolute atomic E-state index is 12.5. The molecule has 8 heteroatoms.